The van der Waals surface area contributed by atoms with Crippen LogP contribution in [0.2, 0.25) is 5.02 Å². The number of nitriles is 1. The summed E-state index contributed by atoms with van der Waals surface area (Å²) >= 11 is 12.9. The van der Waals surface area contributed by atoms with Crippen LogP contribution in [0.3, 0.4) is 0 Å². The van der Waals surface area contributed by atoms with Gasteiger partial charge in [0.25, 0.3) is 5.91 Å². The van der Waals surface area contributed by atoms with E-state index in [1.54, 1.807) is 18.2 Å². The minimum atomic E-state index is -0.453. The van der Waals surface area contributed by atoms with Crippen LogP contribution in [0, 0.1) is 11.3 Å². The molecule has 0 radical (unpaired) electrons. The van der Waals surface area contributed by atoms with Gasteiger partial charge in [0, 0.05) is 21.6 Å². The molecule has 7 heteroatoms. The summed E-state index contributed by atoms with van der Waals surface area (Å²) in [5, 5.41) is 13.0. The minimum absolute atomic E-state index is 0.0164. The third kappa shape index (κ3) is 6.70. The molecule has 156 valence electrons. The van der Waals surface area contributed by atoms with Gasteiger partial charge in [-0.25, -0.2) is 0 Å². The third-order valence-corrected chi connectivity index (χ3v) is 5.59. The molecule has 1 N–H and O–H groups in total. The van der Waals surface area contributed by atoms with E-state index >= 15 is 0 Å². The molecular formula is C24H17Br2ClN2O2. The van der Waals surface area contributed by atoms with Crippen molar-refractivity contribution in [1.82, 2.24) is 5.32 Å². The van der Waals surface area contributed by atoms with Gasteiger partial charge in [0.2, 0.25) is 0 Å². The zero-order valence-corrected chi connectivity index (χ0v) is 20.2. The highest BCUT2D eigenvalue weighted by Gasteiger charge is 2.14. The molecular weight excluding hydrogens is 544 g/mol. The second kappa shape index (κ2) is 11.1. The van der Waals surface area contributed by atoms with Gasteiger partial charge in [-0.3, -0.25) is 4.79 Å². The third-order valence-electron chi connectivity index (χ3n) is 4.29. The van der Waals surface area contributed by atoms with E-state index < -0.39 is 5.91 Å². The summed E-state index contributed by atoms with van der Waals surface area (Å²) in [6.45, 7) is 0.640. The van der Waals surface area contributed by atoms with Crippen LogP contribution in [-0.4, -0.2) is 5.91 Å². The zero-order valence-electron chi connectivity index (χ0n) is 16.2. The number of halogens is 3. The number of nitrogens with one attached hydrogen (secondary N) is 1. The number of nitrogens with zero attached hydrogens (tertiary/aromatic N) is 1. The van der Waals surface area contributed by atoms with Crippen LogP contribution in [0.15, 0.2) is 81.2 Å². The monoisotopic (exact) mass is 558 g/mol. The summed E-state index contributed by atoms with van der Waals surface area (Å²) in [7, 11) is 0. The number of carbonyl (C=O) groups excluding carboxylic acids is 1. The molecule has 0 heterocycles. The van der Waals surface area contributed by atoms with Gasteiger partial charge in [-0.15, -0.1) is 0 Å². The molecule has 4 nitrogen and oxygen atoms in total. The van der Waals surface area contributed by atoms with Gasteiger partial charge >= 0.3 is 0 Å². The average Bonchev–Trinajstić information content (AvgIpc) is 2.77. The summed E-state index contributed by atoms with van der Waals surface area (Å²) in [4.78, 5) is 12.6. The van der Waals surface area contributed by atoms with Crippen LogP contribution in [0.5, 0.6) is 5.75 Å². The smallest absolute Gasteiger partial charge is 0.262 e. The molecule has 3 aromatic rings. The number of ether oxygens (including phenoxy) is 1. The Balaban J connectivity index is 1.81. The van der Waals surface area contributed by atoms with Gasteiger partial charge < -0.3 is 10.1 Å². The van der Waals surface area contributed by atoms with Gasteiger partial charge in [-0.2, -0.15) is 5.26 Å². The molecule has 0 fully saturated rings. The number of amides is 1. The number of benzene rings is 3. The molecule has 0 bridgehead atoms. The SMILES string of the molecule is N#C/C(=C\c1cc(Br)cc(Br)c1OCc1ccc(Cl)cc1)C(=O)NCc1ccccc1. The first-order valence-electron chi connectivity index (χ1n) is 9.26. The van der Waals surface area contributed by atoms with Crippen molar-refractivity contribution in [1.29, 1.82) is 5.26 Å². The van der Waals surface area contributed by atoms with Crippen molar-refractivity contribution in [3.8, 4) is 11.8 Å². The van der Waals surface area contributed by atoms with E-state index in [-0.39, 0.29) is 5.57 Å². The Morgan fingerprint density at radius 3 is 2.45 bits per heavy atom. The molecule has 1 amide bonds. The van der Waals surface area contributed by atoms with E-state index in [4.69, 9.17) is 16.3 Å². The van der Waals surface area contributed by atoms with Crippen LogP contribution in [0.4, 0.5) is 0 Å². The predicted molar refractivity (Wildman–Crippen MR) is 130 cm³/mol. The number of carbonyl (C=O) groups is 1. The fraction of sp³-hybridized carbons (Fsp3) is 0.0833. The van der Waals surface area contributed by atoms with E-state index in [1.807, 2.05) is 54.6 Å². The zero-order chi connectivity index (χ0) is 22.2. The first-order chi connectivity index (χ1) is 15.0. The fourth-order valence-corrected chi connectivity index (χ4v) is 4.25. The summed E-state index contributed by atoms with van der Waals surface area (Å²) in [5.74, 6) is 0.0767. The van der Waals surface area contributed by atoms with Crippen LogP contribution >= 0.6 is 43.5 Å². The maximum absolute atomic E-state index is 12.6. The van der Waals surface area contributed by atoms with Crippen molar-refractivity contribution >= 4 is 55.4 Å². The Kier molecular flexibility index (Phi) is 8.30. The van der Waals surface area contributed by atoms with E-state index in [0.29, 0.717) is 34.0 Å². The van der Waals surface area contributed by atoms with Crippen LogP contribution in [-0.2, 0) is 17.9 Å². The lowest BCUT2D eigenvalue weighted by molar-refractivity contribution is -0.117. The lowest BCUT2D eigenvalue weighted by atomic mass is 10.1. The molecule has 0 saturated heterocycles. The van der Waals surface area contributed by atoms with E-state index in [9.17, 15) is 10.1 Å². The summed E-state index contributed by atoms with van der Waals surface area (Å²) in [5.41, 5.74) is 2.47. The highest BCUT2D eigenvalue weighted by molar-refractivity contribution is 9.11. The number of rotatable bonds is 7. The second-order valence-electron chi connectivity index (χ2n) is 6.56. The Morgan fingerprint density at radius 1 is 1.06 bits per heavy atom. The van der Waals surface area contributed by atoms with Gasteiger partial charge in [-0.1, -0.05) is 70.0 Å². The Labute approximate surface area is 202 Å². The maximum atomic E-state index is 12.6. The average molecular weight is 561 g/mol. The lowest BCUT2D eigenvalue weighted by Gasteiger charge is -2.13. The quantitative estimate of drug-likeness (QED) is 0.259. The van der Waals surface area contributed by atoms with Gasteiger partial charge in [0.1, 0.15) is 24.0 Å². The standard InChI is InChI=1S/C24H17Br2ClN2O2/c25-20-11-18(10-19(13-28)24(30)29-14-16-4-2-1-3-5-16)23(22(26)12-20)31-15-17-6-8-21(27)9-7-17/h1-12H,14-15H2,(H,29,30)/b19-10+. The van der Waals surface area contributed by atoms with Crippen molar-refractivity contribution in [2.45, 2.75) is 13.2 Å². The minimum Gasteiger partial charge on any atom is -0.487 e. The van der Waals surface area contributed by atoms with Gasteiger partial charge in [0.05, 0.1) is 4.47 Å². The molecule has 0 spiro atoms. The molecule has 0 unspecified atom stereocenters. The molecule has 31 heavy (non-hydrogen) atoms. The molecule has 0 atom stereocenters. The second-order valence-corrected chi connectivity index (χ2v) is 8.77. The molecule has 0 aliphatic heterocycles. The molecule has 3 rings (SSSR count). The number of hydrogen-bond donors (Lipinski definition) is 1. The van der Waals surface area contributed by atoms with Crippen molar-refractivity contribution in [2.75, 3.05) is 0 Å². The highest BCUT2D eigenvalue weighted by atomic mass is 79.9. The fourth-order valence-electron chi connectivity index (χ4n) is 2.75. The maximum Gasteiger partial charge on any atom is 0.262 e. The molecule has 0 aliphatic carbocycles. The number of hydrogen-bond acceptors (Lipinski definition) is 3. The van der Waals surface area contributed by atoms with Crippen molar-refractivity contribution in [2.24, 2.45) is 0 Å². The molecule has 0 aromatic heterocycles. The van der Waals surface area contributed by atoms with Crippen LogP contribution < -0.4 is 10.1 Å². The van der Waals surface area contributed by atoms with Gasteiger partial charge in [0.15, 0.2) is 0 Å². The van der Waals surface area contributed by atoms with Crippen molar-refractivity contribution in [3.63, 3.8) is 0 Å². The van der Waals surface area contributed by atoms with Crippen LogP contribution in [0.25, 0.3) is 6.08 Å². The normalized spacial score (nSPS) is 11.0. The molecule has 3 aromatic carbocycles. The van der Waals surface area contributed by atoms with E-state index in [0.717, 1.165) is 15.6 Å². The molecule has 0 aliphatic rings. The summed E-state index contributed by atoms with van der Waals surface area (Å²) in [6.07, 6.45) is 1.52. The van der Waals surface area contributed by atoms with E-state index in [2.05, 4.69) is 37.2 Å². The Hall–Kier alpha value is -2.59. The lowest BCUT2D eigenvalue weighted by Crippen LogP contribution is -2.23. The van der Waals surface area contributed by atoms with Gasteiger partial charge in [-0.05, 0) is 57.4 Å². The molecule has 0 saturated carbocycles. The summed E-state index contributed by atoms with van der Waals surface area (Å²) < 4.78 is 7.49. The van der Waals surface area contributed by atoms with Crippen molar-refractivity contribution in [3.05, 3.63) is 103 Å². The topological polar surface area (TPSA) is 62.1 Å². The van der Waals surface area contributed by atoms with E-state index in [1.165, 1.54) is 6.08 Å². The van der Waals surface area contributed by atoms with Crippen molar-refractivity contribution < 1.29 is 9.53 Å². The van der Waals surface area contributed by atoms with Crippen LogP contribution in [0.1, 0.15) is 16.7 Å². The Morgan fingerprint density at radius 2 is 1.77 bits per heavy atom. The summed E-state index contributed by atoms with van der Waals surface area (Å²) in [6, 6.07) is 22.5. The first kappa shape index (κ1) is 23.1. The Bertz CT molecular complexity index is 1140. The highest BCUT2D eigenvalue weighted by Crippen LogP contribution is 2.35. The first-order valence-corrected chi connectivity index (χ1v) is 11.2. The predicted octanol–water partition coefficient (Wildman–Crippen LogP) is 6.67. The largest absolute Gasteiger partial charge is 0.487 e.